The number of hydrogen-bond acceptors (Lipinski definition) is 2. The molecule has 1 heterocycles. The van der Waals surface area contributed by atoms with Gasteiger partial charge in [0, 0.05) is 16.5 Å². The highest BCUT2D eigenvalue weighted by molar-refractivity contribution is 7.71. The predicted molar refractivity (Wildman–Crippen MR) is 87.8 cm³/mol. The van der Waals surface area contributed by atoms with E-state index in [0.29, 0.717) is 4.64 Å². The Morgan fingerprint density at radius 1 is 1.10 bits per heavy atom. The molecule has 0 saturated heterocycles. The Morgan fingerprint density at radius 2 is 1.75 bits per heavy atom. The average molecular weight is 286 g/mol. The first-order valence-electron chi connectivity index (χ1n) is 6.89. The van der Waals surface area contributed by atoms with E-state index in [2.05, 4.69) is 62.8 Å². The molecule has 2 aromatic rings. The van der Waals surface area contributed by atoms with Gasteiger partial charge in [0.15, 0.2) is 0 Å². The zero-order valence-corrected chi connectivity index (χ0v) is 13.9. The van der Waals surface area contributed by atoms with Gasteiger partial charge in [-0.2, -0.15) is 0 Å². The monoisotopic (exact) mass is 286 g/mol. The van der Waals surface area contributed by atoms with Gasteiger partial charge in [0.25, 0.3) is 0 Å². The first-order chi connectivity index (χ1) is 9.20. The lowest BCUT2D eigenvalue weighted by Gasteiger charge is -2.20. The largest absolute Gasteiger partial charge is 0.342 e. The Balaban J connectivity index is 2.73. The van der Waals surface area contributed by atoms with Crippen molar-refractivity contribution < 1.29 is 0 Å². The zero-order chi connectivity index (χ0) is 15.1. The molecular formula is C17H22N2S. The number of aromatic amines is 1. The van der Waals surface area contributed by atoms with Crippen molar-refractivity contribution in [2.75, 3.05) is 0 Å². The molecule has 2 nitrogen and oxygen atoms in total. The minimum atomic E-state index is -0.0470. The van der Waals surface area contributed by atoms with Crippen molar-refractivity contribution in [3.05, 3.63) is 45.4 Å². The third kappa shape index (κ3) is 2.83. The Labute approximate surface area is 126 Å². The number of aryl methyl sites for hydroxylation is 2. The summed E-state index contributed by atoms with van der Waals surface area (Å²) in [5, 5.41) is 0. The molecule has 0 aliphatic heterocycles. The highest BCUT2D eigenvalue weighted by atomic mass is 32.1. The first-order valence-corrected chi connectivity index (χ1v) is 7.30. The minimum absolute atomic E-state index is 0.0470. The normalized spacial score (nSPS) is 11.7. The van der Waals surface area contributed by atoms with Gasteiger partial charge in [-0.3, -0.25) is 0 Å². The third-order valence-electron chi connectivity index (χ3n) is 3.51. The van der Waals surface area contributed by atoms with Crippen molar-refractivity contribution in [2.24, 2.45) is 0 Å². The second-order valence-corrected chi connectivity index (χ2v) is 6.85. The molecule has 106 valence electrons. The number of aromatic nitrogens is 2. The molecule has 2 rings (SSSR count). The standard InChI is InChI=1S/C17H22N2S/c1-10-7-8-13(11(2)9-10)14-12(3)15(20)19-16(18-14)17(4,5)6/h7-9H,1-6H3,(H,18,19,20). The lowest BCUT2D eigenvalue weighted by atomic mass is 9.94. The summed E-state index contributed by atoms with van der Waals surface area (Å²) < 4.78 is 0.684. The summed E-state index contributed by atoms with van der Waals surface area (Å²) in [7, 11) is 0. The Morgan fingerprint density at radius 3 is 2.30 bits per heavy atom. The van der Waals surface area contributed by atoms with Crippen molar-refractivity contribution in [3.63, 3.8) is 0 Å². The smallest absolute Gasteiger partial charge is 0.133 e. The molecule has 0 unspecified atom stereocenters. The molecule has 3 heteroatoms. The van der Waals surface area contributed by atoms with Crippen LogP contribution in [0, 0.1) is 25.4 Å². The molecule has 0 aliphatic carbocycles. The van der Waals surface area contributed by atoms with Crippen LogP contribution in [0.1, 0.15) is 43.3 Å². The summed E-state index contributed by atoms with van der Waals surface area (Å²) in [6.07, 6.45) is 0. The van der Waals surface area contributed by atoms with Gasteiger partial charge in [-0.05, 0) is 26.3 Å². The van der Waals surface area contributed by atoms with Crippen LogP contribution < -0.4 is 0 Å². The molecule has 0 bridgehead atoms. The van der Waals surface area contributed by atoms with Gasteiger partial charge < -0.3 is 4.98 Å². The molecule has 0 saturated carbocycles. The van der Waals surface area contributed by atoms with Gasteiger partial charge in [-0.15, -0.1) is 0 Å². The average Bonchev–Trinajstić information content (AvgIpc) is 2.32. The molecule has 0 radical (unpaired) electrons. The van der Waals surface area contributed by atoms with Crippen LogP contribution in [0.2, 0.25) is 0 Å². The molecule has 0 atom stereocenters. The fourth-order valence-electron chi connectivity index (χ4n) is 2.25. The molecule has 0 amide bonds. The van der Waals surface area contributed by atoms with Crippen LogP contribution in [0.4, 0.5) is 0 Å². The molecule has 0 aliphatic rings. The van der Waals surface area contributed by atoms with Gasteiger partial charge in [0.2, 0.25) is 0 Å². The maximum atomic E-state index is 5.44. The van der Waals surface area contributed by atoms with Crippen LogP contribution in [0.3, 0.4) is 0 Å². The lowest BCUT2D eigenvalue weighted by molar-refractivity contribution is 0.544. The molecule has 0 fully saturated rings. The van der Waals surface area contributed by atoms with Gasteiger partial charge in [-0.1, -0.05) is 56.8 Å². The van der Waals surface area contributed by atoms with Crippen molar-refractivity contribution in [1.82, 2.24) is 9.97 Å². The Kier molecular flexibility index (Phi) is 3.83. The summed E-state index contributed by atoms with van der Waals surface area (Å²) in [6.45, 7) is 12.7. The van der Waals surface area contributed by atoms with Crippen LogP contribution in [-0.2, 0) is 5.41 Å². The summed E-state index contributed by atoms with van der Waals surface area (Å²) in [4.78, 5) is 8.03. The summed E-state index contributed by atoms with van der Waals surface area (Å²) in [5.74, 6) is 0.933. The summed E-state index contributed by atoms with van der Waals surface area (Å²) >= 11 is 5.44. The predicted octanol–water partition coefficient (Wildman–Crippen LogP) is 5.03. The molecule has 1 N–H and O–H groups in total. The molecule has 20 heavy (non-hydrogen) atoms. The number of benzene rings is 1. The van der Waals surface area contributed by atoms with E-state index in [9.17, 15) is 0 Å². The quantitative estimate of drug-likeness (QED) is 0.745. The van der Waals surface area contributed by atoms with Crippen molar-refractivity contribution in [3.8, 4) is 11.3 Å². The summed E-state index contributed by atoms with van der Waals surface area (Å²) in [6, 6.07) is 6.49. The van der Waals surface area contributed by atoms with E-state index in [0.717, 1.165) is 17.1 Å². The van der Waals surface area contributed by atoms with Crippen molar-refractivity contribution in [1.29, 1.82) is 0 Å². The third-order valence-corrected chi connectivity index (χ3v) is 3.91. The van der Waals surface area contributed by atoms with Crippen LogP contribution in [0.15, 0.2) is 18.2 Å². The van der Waals surface area contributed by atoms with Gasteiger partial charge in [-0.25, -0.2) is 4.98 Å². The van der Waals surface area contributed by atoms with E-state index in [1.165, 1.54) is 16.7 Å². The van der Waals surface area contributed by atoms with Gasteiger partial charge in [0.1, 0.15) is 10.5 Å². The van der Waals surface area contributed by atoms with Gasteiger partial charge in [0.05, 0.1) is 5.69 Å². The SMILES string of the molecule is Cc1ccc(-c2[nH]c(C(C)(C)C)nc(=S)c2C)c(C)c1. The zero-order valence-electron chi connectivity index (χ0n) is 13.1. The maximum absolute atomic E-state index is 5.44. The van der Waals surface area contributed by atoms with Crippen molar-refractivity contribution in [2.45, 2.75) is 47.0 Å². The van der Waals surface area contributed by atoms with Crippen LogP contribution >= 0.6 is 12.2 Å². The number of H-pyrrole nitrogens is 1. The van der Waals surface area contributed by atoms with Gasteiger partial charge >= 0.3 is 0 Å². The number of hydrogen-bond donors (Lipinski definition) is 1. The van der Waals surface area contributed by atoms with E-state index < -0.39 is 0 Å². The van der Waals surface area contributed by atoms with E-state index >= 15 is 0 Å². The number of nitrogens with one attached hydrogen (secondary N) is 1. The van der Waals surface area contributed by atoms with Crippen LogP contribution in [-0.4, -0.2) is 9.97 Å². The van der Waals surface area contributed by atoms with Crippen molar-refractivity contribution >= 4 is 12.2 Å². The first kappa shape index (κ1) is 14.9. The van der Waals surface area contributed by atoms with Crippen LogP contribution in [0.5, 0.6) is 0 Å². The Bertz CT molecular complexity index is 706. The molecule has 0 spiro atoms. The minimum Gasteiger partial charge on any atom is -0.342 e. The fourth-order valence-corrected chi connectivity index (χ4v) is 2.44. The van der Waals surface area contributed by atoms with E-state index in [4.69, 9.17) is 12.2 Å². The number of rotatable bonds is 1. The molecular weight excluding hydrogens is 264 g/mol. The topological polar surface area (TPSA) is 28.7 Å². The van der Waals surface area contributed by atoms with E-state index in [-0.39, 0.29) is 5.41 Å². The second-order valence-electron chi connectivity index (χ2n) is 6.46. The summed E-state index contributed by atoms with van der Waals surface area (Å²) in [5.41, 5.74) is 5.81. The lowest BCUT2D eigenvalue weighted by Crippen LogP contribution is -2.17. The second kappa shape index (κ2) is 5.13. The number of nitrogens with zero attached hydrogens (tertiary/aromatic N) is 1. The molecule has 1 aromatic heterocycles. The molecule has 1 aromatic carbocycles. The van der Waals surface area contributed by atoms with Crippen LogP contribution in [0.25, 0.3) is 11.3 Å². The van der Waals surface area contributed by atoms with E-state index in [1.807, 2.05) is 6.92 Å². The highest BCUT2D eigenvalue weighted by Crippen LogP contribution is 2.28. The Hall–Kier alpha value is -1.48. The maximum Gasteiger partial charge on any atom is 0.133 e. The fraction of sp³-hybridized carbons (Fsp3) is 0.412. The van der Waals surface area contributed by atoms with E-state index in [1.54, 1.807) is 0 Å². The highest BCUT2D eigenvalue weighted by Gasteiger charge is 2.19.